The van der Waals surface area contributed by atoms with Gasteiger partial charge in [0, 0.05) is 25.2 Å². The summed E-state index contributed by atoms with van der Waals surface area (Å²) in [6.07, 6.45) is 5.62. The Morgan fingerprint density at radius 3 is 2.76 bits per heavy atom. The number of carbonyl (C=O) groups excluding carboxylic acids is 1. The number of nitrogens with zero attached hydrogens (tertiary/aromatic N) is 2. The number of carbonyl (C=O) groups is 1. The van der Waals surface area contributed by atoms with Gasteiger partial charge in [-0.25, -0.2) is 0 Å². The Balaban J connectivity index is 1.86. The van der Waals surface area contributed by atoms with Gasteiger partial charge in [-0.15, -0.1) is 0 Å². The second-order valence-electron chi connectivity index (χ2n) is 6.52. The highest BCUT2D eigenvalue weighted by Gasteiger charge is 2.30. The van der Waals surface area contributed by atoms with Crippen molar-refractivity contribution in [1.82, 2.24) is 15.1 Å². The number of nitrogens with one attached hydrogen (secondary N) is 1. The Kier molecular flexibility index (Phi) is 6.45. The largest absolute Gasteiger partial charge is 0.468 e. The minimum absolute atomic E-state index is 0.109. The summed E-state index contributed by atoms with van der Waals surface area (Å²) in [6, 6.07) is 1.00. The molecule has 0 aromatic rings. The molecule has 5 nitrogen and oxygen atoms in total. The lowest BCUT2D eigenvalue weighted by atomic mass is 10.1. The van der Waals surface area contributed by atoms with E-state index in [1.165, 1.54) is 39.3 Å². The van der Waals surface area contributed by atoms with Gasteiger partial charge in [0.2, 0.25) is 0 Å². The molecule has 2 aliphatic rings. The maximum Gasteiger partial charge on any atom is 0.322 e. The molecule has 5 heteroatoms. The van der Waals surface area contributed by atoms with Gasteiger partial charge in [0.25, 0.3) is 0 Å². The maximum atomic E-state index is 11.9. The highest BCUT2D eigenvalue weighted by molar-refractivity contribution is 5.75. The molecule has 1 aliphatic carbocycles. The van der Waals surface area contributed by atoms with Gasteiger partial charge in [-0.1, -0.05) is 6.92 Å². The molecule has 1 heterocycles. The van der Waals surface area contributed by atoms with Crippen LogP contribution in [0, 0.1) is 0 Å². The van der Waals surface area contributed by atoms with E-state index in [-0.39, 0.29) is 12.0 Å². The van der Waals surface area contributed by atoms with Gasteiger partial charge in [0.15, 0.2) is 0 Å². The zero-order valence-electron chi connectivity index (χ0n) is 13.8. The minimum Gasteiger partial charge on any atom is -0.468 e. The van der Waals surface area contributed by atoms with Crippen molar-refractivity contribution in [3.8, 4) is 0 Å². The molecule has 2 rings (SSSR count). The molecule has 2 fully saturated rings. The summed E-state index contributed by atoms with van der Waals surface area (Å²) < 4.78 is 4.95. The highest BCUT2D eigenvalue weighted by atomic mass is 16.5. The van der Waals surface area contributed by atoms with Gasteiger partial charge in [0.1, 0.15) is 6.04 Å². The van der Waals surface area contributed by atoms with Crippen molar-refractivity contribution in [3.05, 3.63) is 0 Å². The molecule has 2 atom stereocenters. The summed E-state index contributed by atoms with van der Waals surface area (Å²) in [7, 11) is 3.69. The third kappa shape index (κ3) is 5.24. The summed E-state index contributed by atoms with van der Waals surface area (Å²) in [5.41, 5.74) is 0. The standard InChI is InChI=1S/C16H31N3O2/c1-4-14-12-18(2)9-5-10-19(14)11-8-15(16(20)21-3)17-13-6-7-13/h13-15,17H,4-12H2,1-3H3. The fourth-order valence-electron chi connectivity index (χ4n) is 3.22. The number of hydrogen-bond donors (Lipinski definition) is 1. The Morgan fingerprint density at radius 1 is 1.38 bits per heavy atom. The predicted molar refractivity (Wildman–Crippen MR) is 84.3 cm³/mol. The van der Waals surface area contributed by atoms with Crippen molar-refractivity contribution in [1.29, 1.82) is 0 Å². The molecular formula is C16H31N3O2. The van der Waals surface area contributed by atoms with Crippen LogP contribution in [0.15, 0.2) is 0 Å². The van der Waals surface area contributed by atoms with Gasteiger partial charge in [-0.2, -0.15) is 0 Å². The molecule has 1 aliphatic heterocycles. The van der Waals surface area contributed by atoms with E-state index in [9.17, 15) is 4.79 Å². The van der Waals surface area contributed by atoms with Gasteiger partial charge < -0.3 is 15.0 Å². The van der Waals surface area contributed by atoms with E-state index < -0.39 is 0 Å². The smallest absolute Gasteiger partial charge is 0.322 e. The molecule has 0 spiro atoms. The second kappa shape index (κ2) is 8.11. The van der Waals surface area contributed by atoms with Crippen LogP contribution in [-0.4, -0.2) is 74.2 Å². The van der Waals surface area contributed by atoms with Crippen LogP contribution in [0.5, 0.6) is 0 Å². The molecule has 1 saturated heterocycles. The molecule has 0 radical (unpaired) electrons. The van der Waals surface area contributed by atoms with E-state index in [0.717, 1.165) is 26.1 Å². The third-order valence-corrected chi connectivity index (χ3v) is 4.70. The van der Waals surface area contributed by atoms with E-state index in [1.54, 1.807) is 0 Å². The van der Waals surface area contributed by atoms with Gasteiger partial charge in [0.05, 0.1) is 7.11 Å². The van der Waals surface area contributed by atoms with Gasteiger partial charge in [-0.3, -0.25) is 9.69 Å². The Hall–Kier alpha value is -0.650. The average molecular weight is 297 g/mol. The van der Waals surface area contributed by atoms with E-state index >= 15 is 0 Å². The van der Waals surface area contributed by atoms with E-state index in [0.29, 0.717) is 12.1 Å². The van der Waals surface area contributed by atoms with Crippen molar-refractivity contribution < 1.29 is 9.53 Å². The average Bonchev–Trinajstić information content (AvgIpc) is 3.30. The predicted octanol–water partition coefficient (Wildman–Crippen LogP) is 1.09. The number of ether oxygens (including phenoxy) is 1. The lowest BCUT2D eigenvalue weighted by Crippen LogP contribution is -2.45. The van der Waals surface area contributed by atoms with Crippen LogP contribution in [0.25, 0.3) is 0 Å². The highest BCUT2D eigenvalue weighted by Crippen LogP contribution is 2.21. The fraction of sp³-hybridized carbons (Fsp3) is 0.938. The summed E-state index contributed by atoms with van der Waals surface area (Å²) >= 11 is 0. The SMILES string of the molecule is CCC1CN(C)CCCN1CCC(NC1CC1)C(=O)OC. The van der Waals surface area contributed by atoms with Gasteiger partial charge >= 0.3 is 5.97 Å². The molecule has 21 heavy (non-hydrogen) atoms. The van der Waals surface area contributed by atoms with Crippen molar-refractivity contribution in [2.24, 2.45) is 0 Å². The zero-order valence-corrected chi connectivity index (χ0v) is 13.8. The van der Waals surface area contributed by atoms with E-state index in [4.69, 9.17) is 4.74 Å². The number of esters is 1. The summed E-state index contributed by atoms with van der Waals surface area (Å²) in [6.45, 7) is 6.69. The number of rotatable bonds is 7. The zero-order chi connectivity index (χ0) is 15.2. The van der Waals surface area contributed by atoms with Crippen molar-refractivity contribution in [3.63, 3.8) is 0 Å². The minimum atomic E-state index is -0.138. The van der Waals surface area contributed by atoms with Crippen LogP contribution in [-0.2, 0) is 9.53 Å². The van der Waals surface area contributed by atoms with Crippen LogP contribution >= 0.6 is 0 Å². The Bertz CT molecular complexity index is 333. The first kappa shape index (κ1) is 16.7. The Morgan fingerprint density at radius 2 is 2.14 bits per heavy atom. The van der Waals surface area contributed by atoms with Crippen LogP contribution in [0.2, 0.25) is 0 Å². The summed E-state index contributed by atoms with van der Waals surface area (Å²) in [4.78, 5) is 16.9. The first-order valence-corrected chi connectivity index (χ1v) is 8.40. The van der Waals surface area contributed by atoms with Crippen molar-refractivity contribution in [2.45, 2.75) is 57.2 Å². The molecule has 1 N–H and O–H groups in total. The monoisotopic (exact) mass is 297 g/mol. The molecule has 1 saturated carbocycles. The quantitative estimate of drug-likeness (QED) is 0.713. The van der Waals surface area contributed by atoms with Crippen LogP contribution < -0.4 is 5.32 Å². The second-order valence-corrected chi connectivity index (χ2v) is 6.52. The van der Waals surface area contributed by atoms with E-state index in [2.05, 4.69) is 29.1 Å². The molecule has 2 unspecified atom stereocenters. The normalized spacial score (nSPS) is 26.3. The van der Waals surface area contributed by atoms with Crippen LogP contribution in [0.4, 0.5) is 0 Å². The summed E-state index contributed by atoms with van der Waals surface area (Å²) in [5, 5.41) is 3.43. The lowest BCUT2D eigenvalue weighted by molar-refractivity contribution is -0.143. The maximum absolute atomic E-state index is 11.9. The third-order valence-electron chi connectivity index (χ3n) is 4.70. The number of methoxy groups -OCH3 is 1. The topological polar surface area (TPSA) is 44.8 Å². The first-order valence-electron chi connectivity index (χ1n) is 8.40. The number of hydrogen-bond acceptors (Lipinski definition) is 5. The van der Waals surface area contributed by atoms with Crippen LogP contribution in [0.3, 0.4) is 0 Å². The summed E-state index contributed by atoms with van der Waals surface area (Å²) in [5.74, 6) is -0.109. The van der Waals surface area contributed by atoms with Crippen molar-refractivity contribution >= 4 is 5.97 Å². The molecule has 122 valence electrons. The number of likely N-dealkylation sites (N-methyl/N-ethyl adjacent to an activating group) is 1. The molecule has 0 bridgehead atoms. The molecule has 0 aromatic carbocycles. The lowest BCUT2D eigenvalue weighted by Gasteiger charge is -2.31. The molecule has 0 aromatic heterocycles. The molecular weight excluding hydrogens is 266 g/mol. The van der Waals surface area contributed by atoms with Crippen LogP contribution in [0.1, 0.15) is 39.0 Å². The van der Waals surface area contributed by atoms with E-state index in [1.807, 2.05) is 0 Å². The Labute approximate surface area is 129 Å². The molecule has 0 amide bonds. The van der Waals surface area contributed by atoms with Crippen molar-refractivity contribution in [2.75, 3.05) is 40.3 Å². The van der Waals surface area contributed by atoms with Gasteiger partial charge in [-0.05, 0) is 52.2 Å². The first-order chi connectivity index (χ1) is 10.1. The fourth-order valence-corrected chi connectivity index (χ4v) is 3.22.